The lowest BCUT2D eigenvalue weighted by Gasteiger charge is -2.32. The topological polar surface area (TPSA) is 107 Å². The lowest BCUT2D eigenvalue weighted by atomic mass is 10.1. The molecule has 114 valence electrons. The summed E-state index contributed by atoms with van der Waals surface area (Å²) in [7, 11) is 0. The summed E-state index contributed by atoms with van der Waals surface area (Å²) in [6.45, 7) is 5.77. The quantitative estimate of drug-likeness (QED) is 0.648. The van der Waals surface area contributed by atoms with Gasteiger partial charge in [0.2, 0.25) is 5.91 Å². The zero-order valence-electron chi connectivity index (χ0n) is 12.0. The van der Waals surface area contributed by atoms with Crippen molar-refractivity contribution in [3.05, 3.63) is 0 Å². The number of aliphatic carboxylic acids is 2. The van der Waals surface area contributed by atoms with E-state index in [0.29, 0.717) is 0 Å². The summed E-state index contributed by atoms with van der Waals surface area (Å²) in [4.78, 5) is 35.7. The number of nitrogens with one attached hydrogen (secondary N) is 1. The molecule has 0 aromatic rings. The van der Waals surface area contributed by atoms with Gasteiger partial charge < -0.3 is 15.5 Å². The molecule has 7 nitrogen and oxygen atoms in total. The van der Waals surface area contributed by atoms with Gasteiger partial charge in [-0.05, 0) is 33.6 Å². The van der Waals surface area contributed by atoms with Crippen molar-refractivity contribution in [2.24, 2.45) is 0 Å². The van der Waals surface area contributed by atoms with Gasteiger partial charge in [-0.3, -0.25) is 14.5 Å². The normalized spacial score (nSPS) is 25.9. The van der Waals surface area contributed by atoms with E-state index in [1.807, 2.05) is 18.7 Å². The molecule has 0 radical (unpaired) electrons. The first-order valence-electron chi connectivity index (χ1n) is 6.76. The van der Waals surface area contributed by atoms with E-state index in [4.69, 9.17) is 10.2 Å². The van der Waals surface area contributed by atoms with Crippen molar-refractivity contribution in [3.63, 3.8) is 0 Å². The molecule has 3 unspecified atom stereocenters. The second-order valence-electron chi connectivity index (χ2n) is 5.40. The van der Waals surface area contributed by atoms with Crippen LogP contribution < -0.4 is 5.32 Å². The third-order valence-electron chi connectivity index (χ3n) is 3.84. The van der Waals surface area contributed by atoms with Gasteiger partial charge in [-0.25, -0.2) is 4.79 Å². The van der Waals surface area contributed by atoms with Crippen molar-refractivity contribution in [2.45, 2.75) is 64.2 Å². The van der Waals surface area contributed by atoms with Crippen LogP contribution in [0.25, 0.3) is 0 Å². The van der Waals surface area contributed by atoms with Crippen molar-refractivity contribution < 1.29 is 24.6 Å². The van der Waals surface area contributed by atoms with Crippen LogP contribution >= 0.6 is 0 Å². The molecule has 20 heavy (non-hydrogen) atoms. The number of hydrogen-bond acceptors (Lipinski definition) is 4. The Morgan fingerprint density at radius 2 is 1.70 bits per heavy atom. The van der Waals surface area contributed by atoms with Crippen LogP contribution in [0.4, 0.5) is 0 Å². The minimum Gasteiger partial charge on any atom is -0.481 e. The second kappa shape index (κ2) is 6.69. The van der Waals surface area contributed by atoms with Crippen LogP contribution in [0.1, 0.15) is 40.0 Å². The van der Waals surface area contributed by atoms with Crippen molar-refractivity contribution in [1.29, 1.82) is 0 Å². The zero-order chi connectivity index (χ0) is 15.4. The summed E-state index contributed by atoms with van der Waals surface area (Å²) < 4.78 is 0. The molecule has 1 fully saturated rings. The maximum atomic E-state index is 12.1. The van der Waals surface area contributed by atoms with Gasteiger partial charge in [0.05, 0.1) is 12.5 Å². The van der Waals surface area contributed by atoms with Gasteiger partial charge >= 0.3 is 11.9 Å². The smallest absolute Gasteiger partial charge is 0.326 e. The lowest BCUT2D eigenvalue weighted by molar-refractivity contribution is -0.147. The molecule has 1 aliphatic heterocycles. The molecule has 0 saturated carbocycles. The molecule has 0 spiro atoms. The molecular formula is C13H22N2O5. The Balaban J connectivity index is 2.68. The Labute approximate surface area is 117 Å². The fourth-order valence-corrected chi connectivity index (χ4v) is 2.78. The van der Waals surface area contributed by atoms with E-state index >= 15 is 0 Å². The van der Waals surface area contributed by atoms with E-state index in [1.165, 1.54) is 0 Å². The van der Waals surface area contributed by atoms with Gasteiger partial charge in [0.25, 0.3) is 0 Å². The van der Waals surface area contributed by atoms with Crippen LogP contribution in [0.5, 0.6) is 0 Å². The Bertz CT molecular complexity index is 388. The van der Waals surface area contributed by atoms with Crippen molar-refractivity contribution in [3.8, 4) is 0 Å². The lowest BCUT2D eigenvalue weighted by Crippen LogP contribution is -2.53. The molecule has 7 heteroatoms. The van der Waals surface area contributed by atoms with Gasteiger partial charge in [-0.1, -0.05) is 0 Å². The van der Waals surface area contributed by atoms with Crippen molar-refractivity contribution >= 4 is 17.8 Å². The summed E-state index contributed by atoms with van der Waals surface area (Å²) in [5, 5.41) is 19.9. The zero-order valence-corrected chi connectivity index (χ0v) is 12.0. The van der Waals surface area contributed by atoms with Gasteiger partial charge in [0, 0.05) is 12.1 Å². The number of rotatable bonds is 6. The molecule has 0 bridgehead atoms. The highest BCUT2D eigenvalue weighted by Gasteiger charge is 2.35. The van der Waals surface area contributed by atoms with Gasteiger partial charge in [0.15, 0.2) is 0 Å². The van der Waals surface area contributed by atoms with E-state index in [2.05, 4.69) is 5.32 Å². The van der Waals surface area contributed by atoms with Gasteiger partial charge in [-0.2, -0.15) is 0 Å². The Hall–Kier alpha value is -1.63. The van der Waals surface area contributed by atoms with E-state index < -0.39 is 36.4 Å². The standard InChI is InChI=1S/C13H22N2O5/c1-7-4-5-8(2)15(7)9(3)12(18)14-10(13(19)20)6-11(16)17/h7-10H,4-6H2,1-3H3,(H,14,18)(H,16,17)(H,19,20)/t7?,8?,9?,10-/m1/s1. The molecule has 4 atom stereocenters. The monoisotopic (exact) mass is 286 g/mol. The summed E-state index contributed by atoms with van der Waals surface area (Å²) in [5.74, 6) is -3.04. The largest absolute Gasteiger partial charge is 0.481 e. The Morgan fingerprint density at radius 3 is 2.10 bits per heavy atom. The van der Waals surface area contributed by atoms with Crippen LogP contribution in [0.3, 0.4) is 0 Å². The molecule has 0 aromatic heterocycles. The SMILES string of the molecule is CC1CCC(C)N1C(C)C(=O)N[C@H](CC(=O)O)C(=O)O. The summed E-state index contributed by atoms with van der Waals surface area (Å²) in [6, 6.07) is -1.35. The first-order chi connectivity index (χ1) is 9.23. The molecule has 1 amide bonds. The average Bonchev–Trinajstić information content (AvgIpc) is 2.66. The Kier molecular flexibility index (Phi) is 5.50. The van der Waals surface area contributed by atoms with Crippen molar-refractivity contribution in [2.75, 3.05) is 0 Å². The molecule has 1 saturated heterocycles. The van der Waals surface area contributed by atoms with Crippen LogP contribution in [0, 0.1) is 0 Å². The highest BCUT2D eigenvalue weighted by Crippen LogP contribution is 2.25. The molecule has 1 rings (SSSR count). The highest BCUT2D eigenvalue weighted by atomic mass is 16.4. The second-order valence-corrected chi connectivity index (χ2v) is 5.40. The molecule has 0 aliphatic carbocycles. The van der Waals surface area contributed by atoms with Crippen LogP contribution in [0.15, 0.2) is 0 Å². The van der Waals surface area contributed by atoms with Crippen LogP contribution in [-0.2, 0) is 14.4 Å². The van der Waals surface area contributed by atoms with E-state index in [1.54, 1.807) is 6.92 Å². The van der Waals surface area contributed by atoms with Crippen molar-refractivity contribution in [1.82, 2.24) is 10.2 Å². The summed E-state index contributed by atoms with van der Waals surface area (Å²) in [6.07, 6.45) is 1.37. The van der Waals surface area contributed by atoms with E-state index in [0.717, 1.165) is 12.8 Å². The summed E-state index contributed by atoms with van der Waals surface area (Å²) >= 11 is 0. The predicted octanol–water partition coefficient (Wildman–Crippen LogP) is 0.292. The maximum Gasteiger partial charge on any atom is 0.326 e. The first kappa shape index (κ1) is 16.4. The minimum absolute atomic E-state index is 0.258. The van der Waals surface area contributed by atoms with E-state index in [9.17, 15) is 14.4 Å². The molecule has 0 aromatic carbocycles. The molecular weight excluding hydrogens is 264 g/mol. The summed E-state index contributed by atoms with van der Waals surface area (Å²) in [5.41, 5.74) is 0. The number of carbonyl (C=O) groups is 3. The number of amides is 1. The minimum atomic E-state index is -1.39. The number of carboxylic acids is 2. The first-order valence-corrected chi connectivity index (χ1v) is 6.76. The number of carbonyl (C=O) groups excluding carboxylic acids is 1. The number of likely N-dealkylation sites (tertiary alicyclic amines) is 1. The van der Waals surface area contributed by atoms with Gasteiger partial charge in [-0.15, -0.1) is 0 Å². The van der Waals surface area contributed by atoms with Gasteiger partial charge in [0.1, 0.15) is 6.04 Å². The average molecular weight is 286 g/mol. The fraction of sp³-hybridized carbons (Fsp3) is 0.769. The molecule has 1 aliphatic rings. The van der Waals surface area contributed by atoms with Crippen LogP contribution in [-0.4, -0.2) is 57.1 Å². The maximum absolute atomic E-state index is 12.1. The molecule has 1 heterocycles. The number of hydrogen-bond donors (Lipinski definition) is 3. The molecule has 3 N–H and O–H groups in total. The number of carboxylic acid groups (broad SMARTS) is 2. The van der Waals surface area contributed by atoms with E-state index in [-0.39, 0.29) is 12.1 Å². The van der Waals surface area contributed by atoms with Crippen LogP contribution in [0.2, 0.25) is 0 Å². The predicted molar refractivity (Wildman–Crippen MR) is 71.3 cm³/mol. The Morgan fingerprint density at radius 1 is 1.20 bits per heavy atom. The fourth-order valence-electron chi connectivity index (χ4n) is 2.78. The third kappa shape index (κ3) is 3.93. The highest BCUT2D eigenvalue weighted by molar-refractivity contribution is 5.89. The third-order valence-corrected chi connectivity index (χ3v) is 3.84. The number of nitrogens with zero attached hydrogens (tertiary/aromatic N) is 1.